The minimum atomic E-state index is -3.82. The van der Waals surface area contributed by atoms with Crippen LogP contribution in [0.3, 0.4) is 0 Å². The Morgan fingerprint density at radius 3 is 2.29 bits per heavy atom. The number of quaternary nitrogens is 1. The van der Waals surface area contributed by atoms with E-state index in [2.05, 4.69) is 5.32 Å². The molecule has 14 heavy (non-hydrogen) atoms. The third-order valence-electron chi connectivity index (χ3n) is 2.10. The van der Waals surface area contributed by atoms with Gasteiger partial charge in [-0.05, 0) is 6.54 Å². The number of hydrogen-bond acceptors (Lipinski definition) is 3. The van der Waals surface area contributed by atoms with Crippen molar-refractivity contribution in [2.75, 3.05) is 46.0 Å². The lowest BCUT2D eigenvalue weighted by Crippen LogP contribution is -2.47. The standard InChI is InChI=1S/C8H20N2O3S/c1-4-9-5-6-10(2,3)7-8-14(11,12)13/h9H,4-8H2,1-3H3/p+1. The smallest absolute Gasteiger partial charge is 0.270 e. The van der Waals surface area contributed by atoms with E-state index in [1.165, 1.54) is 0 Å². The summed E-state index contributed by atoms with van der Waals surface area (Å²) in [5, 5.41) is 3.17. The predicted octanol–water partition coefficient (Wildman–Crippen LogP) is -0.440. The van der Waals surface area contributed by atoms with Crippen LogP contribution in [-0.2, 0) is 10.1 Å². The van der Waals surface area contributed by atoms with Crippen molar-refractivity contribution in [3.05, 3.63) is 0 Å². The largest absolute Gasteiger partial charge is 0.327 e. The number of nitrogens with one attached hydrogen (secondary N) is 1. The molecule has 0 heterocycles. The van der Waals surface area contributed by atoms with Gasteiger partial charge in [0.1, 0.15) is 5.75 Å². The van der Waals surface area contributed by atoms with E-state index >= 15 is 0 Å². The molecule has 0 saturated heterocycles. The molecule has 86 valence electrons. The third kappa shape index (κ3) is 8.43. The Balaban J connectivity index is 3.83. The van der Waals surface area contributed by atoms with Crippen molar-refractivity contribution in [3.8, 4) is 0 Å². The number of rotatable bonds is 7. The van der Waals surface area contributed by atoms with Crippen LogP contribution in [0.15, 0.2) is 0 Å². The summed E-state index contributed by atoms with van der Waals surface area (Å²) in [5.74, 6) is -0.174. The normalized spacial score (nSPS) is 13.1. The van der Waals surface area contributed by atoms with Gasteiger partial charge in [0.2, 0.25) is 0 Å². The van der Waals surface area contributed by atoms with E-state index in [1.807, 2.05) is 21.0 Å². The highest BCUT2D eigenvalue weighted by Gasteiger charge is 2.18. The van der Waals surface area contributed by atoms with Gasteiger partial charge in [0.05, 0.1) is 27.2 Å². The summed E-state index contributed by atoms with van der Waals surface area (Å²) >= 11 is 0. The summed E-state index contributed by atoms with van der Waals surface area (Å²) in [6.07, 6.45) is 0. The fourth-order valence-corrected chi connectivity index (χ4v) is 1.76. The third-order valence-corrected chi connectivity index (χ3v) is 2.80. The summed E-state index contributed by atoms with van der Waals surface area (Å²) in [6, 6.07) is 0. The second-order valence-electron chi connectivity index (χ2n) is 4.02. The summed E-state index contributed by atoms with van der Waals surface area (Å²) in [5.41, 5.74) is 0. The van der Waals surface area contributed by atoms with Crippen LogP contribution in [0.4, 0.5) is 0 Å². The maximum absolute atomic E-state index is 10.5. The minimum absolute atomic E-state index is 0.174. The zero-order valence-corrected chi connectivity index (χ0v) is 9.97. The Hall–Kier alpha value is -0.170. The quantitative estimate of drug-likeness (QED) is 0.350. The van der Waals surface area contributed by atoms with Crippen LogP contribution in [-0.4, -0.2) is 63.5 Å². The molecule has 0 radical (unpaired) electrons. The Bertz CT molecular complexity index is 249. The summed E-state index contributed by atoms with van der Waals surface area (Å²) < 4.78 is 30.3. The molecule has 0 aliphatic heterocycles. The zero-order chi connectivity index (χ0) is 11.2. The Kier molecular flexibility index (Phi) is 5.58. The molecule has 2 N–H and O–H groups in total. The zero-order valence-electron chi connectivity index (χ0n) is 9.15. The molecule has 0 bridgehead atoms. The van der Waals surface area contributed by atoms with Crippen LogP contribution in [0.1, 0.15) is 6.92 Å². The molecule has 0 unspecified atom stereocenters. The molecular formula is C8H21N2O3S+. The van der Waals surface area contributed by atoms with Crippen molar-refractivity contribution in [3.63, 3.8) is 0 Å². The molecule has 6 heteroatoms. The van der Waals surface area contributed by atoms with Crippen molar-refractivity contribution >= 4 is 10.1 Å². The number of hydrogen-bond donors (Lipinski definition) is 2. The first kappa shape index (κ1) is 13.8. The van der Waals surface area contributed by atoms with E-state index in [9.17, 15) is 8.42 Å². The van der Waals surface area contributed by atoms with Gasteiger partial charge in [0, 0.05) is 6.54 Å². The van der Waals surface area contributed by atoms with Gasteiger partial charge in [0.15, 0.2) is 0 Å². The lowest BCUT2D eigenvalue weighted by molar-refractivity contribution is -0.886. The van der Waals surface area contributed by atoms with Crippen LogP contribution in [0.25, 0.3) is 0 Å². The predicted molar refractivity (Wildman–Crippen MR) is 56.8 cm³/mol. The van der Waals surface area contributed by atoms with Crippen LogP contribution < -0.4 is 5.32 Å². The Morgan fingerprint density at radius 2 is 1.86 bits per heavy atom. The first-order valence-electron chi connectivity index (χ1n) is 4.75. The van der Waals surface area contributed by atoms with Crippen molar-refractivity contribution in [1.82, 2.24) is 5.32 Å². The summed E-state index contributed by atoms with van der Waals surface area (Å²) in [7, 11) is 0.0699. The van der Waals surface area contributed by atoms with Crippen LogP contribution in [0.2, 0.25) is 0 Å². The molecule has 0 aliphatic carbocycles. The molecule has 0 saturated carbocycles. The van der Waals surface area contributed by atoms with Crippen LogP contribution in [0, 0.1) is 0 Å². The Morgan fingerprint density at radius 1 is 1.29 bits per heavy atom. The van der Waals surface area contributed by atoms with E-state index in [4.69, 9.17) is 4.55 Å². The van der Waals surface area contributed by atoms with Gasteiger partial charge >= 0.3 is 0 Å². The molecule has 0 aromatic carbocycles. The topological polar surface area (TPSA) is 66.4 Å². The molecule has 0 amide bonds. The van der Waals surface area contributed by atoms with Gasteiger partial charge < -0.3 is 9.80 Å². The second-order valence-corrected chi connectivity index (χ2v) is 5.59. The molecule has 0 aromatic heterocycles. The lowest BCUT2D eigenvalue weighted by atomic mass is 10.4. The van der Waals surface area contributed by atoms with Gasteiger partial charge in [-0.2, -0.15) is 8.42 Å². The van der Waals surface area contributed by atoms with Crippen molar-refractivity contribution in [1.29, 1.82) is 0 Å². The summed E-state index contributed by atoms with van der Waals surface area (Å²) in [6.45, 7) is 5.08. The van der Waals surface area contributed by atoms with Gasteiger partial charge in [-0.1, -0.05) is 6.92 Å². The molecule has 0 spiro atoms. The van der Waals surface area contributed by atoms with Crippen LogP contribution in [0.5, 0.6) is 0 Å². The molecule has 5 nitrogen and oxygen atoms in total. The molecule has 0 aromatic rings. The molecule has 0 fully saturated rings. The number of nitrogens with zero attached hydrogens (tertiary/aromatic N) is 1. The molecule has 0 aliphatic rings. The maximum atomic E-state index is 10.5. The maximum Gasteiger partial charge on any atom is 0.270 e. The highest BCUT2D eigenvalue weighted by Crippen LogP contribution is 1.97. The van der Waals surface area contributed by atoms with Gasteiger partial charge in [0.25, 0.3) is 10.1 Å². The second kappa shape index (κ2) is 5.65. The van der Waals surface area contributed by atoms with Gasteiger partial charge in [-0.25, -0.2) is 0 Å². The SMILES string of the molecule is CCNCC[N+](C)(C)CCS(=O)(=O)O. The molecular weight excluding hydrogens is 204 g/mol. The fourth-order valence-electron chi connectivity index (χ4n) is 1.03. The van der Waals surface area contributed by atoms with Crippen molar-refractivity contribution in [2.45, 2.75) is 6.92 Å². The first-order valence-corrected chi connectivity index (χ1v) is 6.35. The minimum Gasteiger partial charge on any atom is -0.327 e. The van der Waals surface area contributed by atoms with Crippen molar-refractivity contribution < 1.29 is 17.5 Å². The van der Waals surface area contributed by atoms with E-state index in [-0.39, 0.29) is 5.75 Å². The van der Waals surface area contributed by atoms with E-state index in [0.29, 0.717) is 11.0 Å². The van der Waals surface area contributed by atoms with E-state index in [1.54, 1.807) is 0 Å². The van der Waals surface area contributed by atoms with Gasteiger partial charge in [-0.3, -0.25) is 4.55 Å². The average molecular weight is 225 g/mol. The van der Waals surface area contributed by atoms with E-state index < -0.39 is 10.1 Å². The molecule has 0 rings (SSSR count). The van der Waals surface area contributed by atoms with Gasteiger partial charge in [-0.15, -0.1) is 0 Å². The first-order chi connectivity index (χ1) is 6.27. The Labute approximate surface area is 86.4 Å². The fraction of sp³-hybridized carbons (Fsp3) is 1.00. The highest BCUT2D eigenvalue weighted by molar-refractivity contribution is 7.85. The van der Waals surface area contributed by atoms with Crippen LogP contribution >= 0.6 is 0 Å². The molecule has 0 atom stereocenters. The summed E-state index contributed by atoms with van der Waals surface area (Å²) in [4.78, 5) is 0. The average Bonchev–Trinajstić information content (AvgIpc) is 2.00. The van der Waals surface area contributed by atoms with Crippen molar-refractivity contribution in [2.24, 2.45) is 0 Å². The van der Waals surface area contributed by atoms with E-state index in [0.717, 1.165) is 19.6 Å². The highest BCUT2D eigenvalue weighted by atomic mass is 32.2. The number of likely N-dealkylation sites (N-methyl/N-ethyl adjacent to an activating group) is 2. The monoisotopic (exact) mass is 225 g/mol. The lowest BCUT2D eigenvalue weighted by Gasteiger charge is -2.29.